The molecule has 1 aromatic heterocycles. The number of para-hydroxylation sites is 1. The van der Waals surface area contributed by atoms with Crippen LogP contribution in [0, 0.1) is 5.82 Å². The fourth-order valence-corrected chi connectivity index (χ4v) is 4.97. The molecule has 0 N–H and O–H groups in total. The van der Waals surface area contributed by atoms with E-state index >= 15 is 0 Å². The van der Waals surface area contributed by atoms with Gasteiger partial charge in [-0.05, 0) is 42.8 Å². The van der Waals surface area contributed by atoms with E-state index in [9.17, 15) is 9.18 Å². The molecule has 1 atom stereocenters. The molecule has 0 aliphatic carbocycles. The number of thioether (sulfide) groups is 1. The summed E-state index contributed by atoms with van der Waals surface area (Å²) in [5, 5.41) is 0.917. The number of aromatic nitrogens is 2. The first kappa shape index (κ1) is 18.9. The van der Waals surface area contributed by atoms with E-state index in [-0.39, 0.29) is 11.9 Å². The van der Waals surface area contributed by atoms with E-state index in [1.807, 2.05) is 36.4 Å². The van der Waals surface area contributed by atoms with Crippen LogP contribution in [0.15, 0.2) is 59.8 Å². The lowest BCUT2D eigenvalue weighted by Gasteiger charge is -2.33. The number of carbonyl (C=O) groups is 1. The molecule has 2 aliphatic heterocycles. The second-order valence-electron chi connectivity index (χ2n) is 7.07. The number of imidazole rings is 1. The van der Waals surface area contributed by atoms with Crippen LogP contribution in [-0.4, -0.2) is 28.0 Å². The molecule has 30 heavy (non-hydrogen) atoms. The van der Waals surface area contributed by atoms with Crippen LogP contribution in [0.5, 0.6) is 0 Å². The Hall–Kier alpha value is -3.06. The summed E-state index contributed by atoms with van der Waals surface area (Å²) in [5.74, 6) is 0.645. The van der Waals surface area contributed by atoms with Crippen molar-refractivity contribution in [2.45, 2.75) is 24.7 Å². The van der Waals surface area contributed by atoms with Gasteiger partial charge in [0, 0.05) is 17.9 Å². The predicted octanol–water partition coefficient (Wildman–Crippen LogP) is 5.53. The van der Waals surface area contributed by atoms with Crippen molar-refractivity contribution in [1.29, 1.82) is 0 Å². The fraction of sp³-hybridized carbons (Fsp3) is 0.217. The van der Waals surface area contributed by atoms with Gasteiger partial charge in [-0.25, -0.2) is 14.2 Å². The van der Waals surface area contributed by atoms with Crippen molar-refractivity contribution in [3.8, 4) is 11.3 Å². The number of halogens is 1. The number of benzene rings is 2. The predicted molar refractivity (Wildman–Crippen MR) is 116 cm³/mol. The molecular formula is C23H20FN3O2S. The molecule has 1 amide bonds. The molecule has 152 valence electrons. The minimum Gasteiger partial charge on any atom is -0.449 e. The lowest BCUT2D eigenvalue weighted by molar-refractivity contribution is 0.158. The highest BCUT2D eigenvalue weighted by Crippen LogP contribution is 2.43. The van der Waals surface area contributed by atoms with Crippen molar-refractivity contribution in [3.05, 3.63) is 71.7 Å². The monoisotopic (exact) mass is 421 g/mol. The molecule has 1 unspecified atom stereocenters. The summed E-state index contributed by atoms with van der Waals surface area (Å²) >= 11 is 1.69. The van der Waals surface area contributed by atoms with E-state index < -0.39 is 6.09 Å². The average molecular weight is 421 g/mol. The van der Waals surface area contributed by atoms with Crippen molar-refractivity contribution >= 4 is 29.6 Å². The van der Waals surface area contributed by atoms with Gasteiger partial charge >= 0.3 is 6.09 Å². The minimum absolute atomic E-state index is 0.291. The van der Waals surface area contributed by atoms with Crippen molar-refractivity contribution in [3.63, 3.8) is 0 Å². The van der Waals surface area contributed by atoms with E-state index in [0.717, 1.165) is 45.7 Å². The molecule has 0 saturated heterocycles. The summed E-state index contributed by atoms with van der Waals surface area (Å²) in [7, 11) is 0. The summed E-state index contributed by atoms with van der Waals surface area (Å²) in [4.78, 5) is 19.6. The zero-order valence-electron chi connectivity index (χ0n) is 16.4. The molecule has 3 heterocycles. The number of ether oxygens (including phenoxy) is 1. The third kappa shape index (κ3) is 3.10. The third-order valence-corrected chi connectivity index (χ3v) is 6.27. The van der Waals surface area contributed by atoms with E-state index in [2.05, 4.69) is 4.57 Å². The summed E-state index contributed by atoms with van der Waals surface area (Å²) < 4.78 is 21.1. The Bertz CT molecular complexity index is 1140. The zero-order chi connectivity index (χ0) is 20.7. The van der Waals surface area contributed by atoms with Crippen LogP contribution in [0.1, 0.15) is 24.2 Å². The number of anilines is 1. The minimum atomic E-state index is -0.398. The summed E-state index contributed by atoms with van der Waals surface area (Å²) in [6.07, 6.45) is 3.65. The molecule has 3 aromatic rings. The van der Waals surface area contributed by atoms with Gasteiger partial charge in [-0.15, -0.1) is 0 Å². The molecular weight excluding hydrogens is 401 g/mol. The molecule has 7 heteroatoms. The van der Waals surface area contributed by atoms with Crippen molar-refractivity contribution < 1.29 is 13.9 Å². The number of hydrogen-bond donors (Lipinski definition) is 0. The molecule has 0 radical (unpaired) electrons. The fourth-order valence-electron chi connectivity index (χ4n) is 4.02. The van der Waals surface area contributed by atoms with Crippen LogP contribution in [-0.2, 0) is 11.3 Å². The maximum absolute atomic E-state index is 13.5. The Balaban J connectivity index is 1.69. The van der Waals surface area contributed by atoms with E-state index in [4.69, 9.17) is 9.72 Å². The summed E-state index contributed by atoms with van der Waals surface area (Å²) in [6, 6.07) is 13.7. The van der Waals surface area contributed by atoms with Gasteiger partial charge in [-0.2, -0.15) is 0 Å². The Kier molecular flexibility index (Phi) is 4.83. The molecule has 0 bridgehead atoms. The maximum Gasteiger partial charge on any atom is 0.415 e. The van der Waals surface area contributed by atoms with Gasteiger partial charge in [0.15, 0.2) is 5.16 Å². The Morgan fingerprint density at radius 1 is 1.23 bits per heavy atom. The van der Waals surface area contributed by atoms with Gasteiger partial charge in [-0.3, -0.25) is 4.90 Å². The molecule has 2 aliphatic rings. The standard InChI is InChI=1S/C23H20FN3O2S/c1-2-29-23(28)27-18-6-4-3-5-15(18)9-12-19(27)21-20(16-7-10-17(24)11-8-16)25-22-26(21)13-14-30-22/h3-12,19H,2,13-14H2,1H3. The first-order valence-corrected chi connectivity index (χ1v) is 10.9. The van der Waals surface area contributed by atoms with Gasteiger partial charge in [0.2, 0.25) is 0 Å². The number of carbonyl (C=O) groups excluding carboxylic acids is 1. The van der Waals surface area contributed by atoms with E-state index in [1.54, 1.807) is 35.7 Å². The molecule has 5 nitrogen and oxygen atoms in total. The molecule has 0 saturated carbocycles. The Morgan fingerprint density at radius 3 is 2.83 bits per heavy atom. The van der Waals surface area contributed by atoms with Gasteiger partial charge in [0.05, 0.1) is 23.7 Å². The maximum atomic E-state index is 13.5. The Morgan fingerprint density at radius 2 is 2.03 bits per heavy atom. The first-order valence-electron chi connectivity index (χ1n) is 9.89. The number of hydrogen-bond acceptors (Lipinski definition) is 4. The lowest BCUT2D eigenvalue weighted by atomic mass is 9.98. The van der Waals surface area contributed by atoms with Gasteiger partial charge in [0.1, 0.15) is 11.9 Å². The molecule has 2 aromatic carbocycles. The number of amides is 1. The molecule has 0 fully saturated rings. The topological polar surface area (TPSA) is 47.4 Å². The van der Waals surface area contributed by atoms with E-state index in [0.29, 0.717) is 6.61 Å². The van der Waals surface area contributed by atoms with Crippen LogP contribution in [0.25, 0.3) is 17.3 Å². The Labute approximate surface area is 178 Å². The second-order valence-corrected chi connectivity index (χ2v) is 8.13. The first-order chi connectivity index (χ1) is 14.7. The van der Waals surface area contributed by atoms with Crippen LogP contribution in [0.3, 0.4) is 0 Å². The van der Waals surface area contributed by atoms with Crippen molar-refractivity contribution in [2.75, 3.05) is 17.3 Å². The van der Waals surface area contributed by atoms with Crippen LogP contribution < -0.4 is 4.90 Å². The van der Waals surface area contributed by atoms with Crippen molar-refractivity contribution in [1.82, 2.24) is 9.55 Å². The van der Waals surface area contributed by atoms with Gasteiger partial charge in [0.25, 0.3) is 0 Å². The van der Waals surface area contributed by atoms with E-state index in [1.165, 1.54) is 12.1 Å². The third-order valence-electron chi connectivity index (χ3n) is 5.31. The van der Waals surface area contributed by atoms with Gasteiger partial charge < -0.3 is 9.30 Å². The van der Waals surface area contributed by atoms with Crippen LogP contribution in [0.4, 0.5) is 14.9 Å². The highest BCUT2D eigenvalue weighted by atomic mass is 32.2. The number of nitrogens with zero attached hydrogens (tertiary/aromatic N) is 3. The largest absolute Gasteiger partial charge is 0.449 e. The smallest absolute Gasteiger partial charge is 0.415 e. The molecule has 5 rings (SSSR count). The van der Waals surface area contributed by atoms with Crippen LogP contribution >= 0.6 is 11.8 Å². The lowest BCUT2D eigenvalue weighted by Crippen LogP contribution is -2.37. The highest BCUT2D eigenvalue weighted by Gasteiger charge is 2.36. The average Bonchev–Trinajstić information content (AvgIpc) is 3.35. The number of rotatable bonds is 3. The normalized spacial score (nSPS) is 17.0. The summed E-state index contributed by atoms with van der Waals surface area (Å²) in [6.45, 7) is 2.90. The van der Waals surface area contributed by atoms with Crippen molar-refractivity contribution in [2.24, 2.45) is 0 Å². The molecule has 0 spiro atoms. The quantitative estimate of drug-likeness (QED) is 0.558. The number of fused-ring (bicyclic) bond motifs is 2. The SMILES string of the molecule is CCOC(=O)N1c2ccccc2C=CC1c1c(-c2ccc(F)cc2)nc2n1CCS2. The summed E-state index contributed by atoms with van der Waals surface area (Å²) in [5.41, 5.74) is 4.27. The second kappa shape index (κ2) is 7.65. The van der Waals surface area contributed by atoms with Gasteiger partial charge in [-0.1, -0.05) is 42.1 Å². The van der Waals surface area contributed by atoms with Crippen LogP contribution in [0.2, 0.25) is 0 Å². The highest BCUT2D eigenvalue weighted by molar-refractivity contribution is 7.99. The zero-order valence-corrected chi connectivity index (χ0v) is 17.2.